The van der Waals surface area contributed by atoms with Crippen LogP contribution in [0.2, 0.25) is 0 Å². The van der Waals surface area contributed by atoms with E-state index >= 15 is 0 Å². The Hall–Kier alpha value is 0.106. The minimum atomic E-state index is -1.13. The molecule has 0 fully saturated rings. The summed E-state index contributed by atoms with van der Waals surface area (Å²) in [4.78, 5) is 20.8. The first-order valence-electron chi connectivity index (χ1n) is 3.62. The van der Waals surface area contributed by atoms with Crippen LogP contribution in [0.4, 0.5) is 0 Å². The Labute approximate surface area is 141 Å². The average Bonchev–Trinajstić information content (AvgIpc) is 2.21. The predicted octanol–water partition coefficient (Wildman–Crippen LogP) is 0.156. The number of rotatable bonds is 2. The van der Waals surface area contributed by atoms with Gasteiger partial charge in [-0.2, -0.15) is 12.6 Å². The van der Waals surface area contributed by atoms with Crippen molar-refractivity contribution in [2.24, 2.45) is 0 Å². The molecule has 0 saturated carbocycles. The van der Waals surface area contributed by atoms with Gasteiger partial charge in [0.25, 0.3) is 0 Å². The van der Waals surface area contributed by atoms with Crippen LogP contribution >= 0.6 is 12.6 Å². The number of carbonyl (C=O) groups is 2. The van der Waals surface area contributed by atoms with Gasteiger partial charge in [-0.1, -0.05) is 6.07 Å². The molecule has 0 unspecified atom stereocenters. The Morgan fingerprint density at radius 3 is 1.62 bits per heavy atom. The van der Waals surface area contributed by atoms with Gasteiger partial charge in [-0.15, -0.1) is 0 Å². The first kappa shape index (κ1) is 21.4. The Morgan fingerprint density at radius 2 is 1.38 bits per heavy atom. The molecule has 1 aromatic carbocycles. The summed E-state index contributed by atoms with van der Waals surface area (Å²) in [6, 6.07) is 5.20. The quantitative estimate of drug-likeness (QED) is 0.526. The molecule has 0 saturated heterocycles. The topological polar surface area (TPSA) is 106 Å². The van der Waals surface area contributed by atoms with Crippen molar-refractivity contribution in [2.75, 3.05) is 6.26 Å². The van der Waals surface area contributed by atoms with E-state index in [1.807, 2.05) is 0 Å². The van der Waals surface area contributed by atoms with Crippen LogP contribution < -0.4 is 0 Å². The minimum absolute atomic E-state index is 0. The van der Waals surface area contributed by atoms with Gasteiger partial charge in [0.15, 0.2) is 0 Å². The molecule has 0 aliphatic rings. The Balaban J connectivity index is -0.000000399. The SMILES string of the molecule is CS.O.O=C(O)c1cccc(C(=O)O)c1.[KH]. The molecule has 0 radical (unpaired) electrons. The summed E-state index contributed by atoms with van der Waals surface area (Å²) in [5.74, 6) is -2.25. The van der Waals surface area contributed by atoms with Crippen molar-refractivity contribution < 1.29 is 25.3 Å². The fourth-order valence-corrected chi connectivity index (χ4v) is 0.785. The molecule has 16 heavy (non-hydrogen) atoms. The molecule has 1 rings (SSSR count). The molecule has 4 N–H and O–H groups in total. The van der Waals surface area contributed by atoms with Gasteiger partial charge in [0, 0.05) is 0 Å². The van der Waals surface area contributed by atoms with E-state index in [2.05, 4.69) is 12.6 Å². The second-order valence-electron chi connectivity index (χ2n) is 2.19. The molecular weight excluding hydrogens is 259 g/mol. The number of carboxylic acids is 2. The zero-order valence-electron chi connectivity index (χ0n) is 7.97. The molecule has 0 heterocycles. The maximum atomic E-state index is 10.4. The van der Waals surface area contributed by atoms with Crippen molar-refractivity contribution in [3.05, 3.63) is 35.4 Å². The van der Waals surface area contributed by atoms with Gasteiger partial charge in [0.1, 0.15) is 0 Å². The normalized spacial score (nSPS) is 7.38. The average molecular weight is 272 g/mol. The van der Waals surface area contributed by atoms with Crippen molar-refractivity contribution in [1.82, 2.24) is 0 Å². The monoisotopic (exact) mass is 272 g/mol. The van der Waals surface area contributed by atoms with Crippen molar-refractivity contribution in [2.45, 2.75) is 0 Å². The summed E-state index contributed by atoms with van der Waals surface area (Å²) in [5, 5.41) is 17.0. The van der Waals surface area contributed by atoms with E-state index in [-0.39, 0.29) is 68.0 Å². The zero-order chi connectivity index (χ0) is 11.1. The predicted molar refractivity (Wildman–Crippen MR) is 66.0 cm³/mol. The Bertz CT molecular complexity index is 313. The van der Waals surface area contributed by atoms with Crippen LogP contribution in [0.3, 0.4) is 0 Å². The van der Waals surface area contributed by atoms with E-state index in [4.69, 9.17) is 10.2 Å². The van der Waals surface area contributed by atoms with Crippen LogP contribution in [0, 0.1) is 0 Å². The number of carboxylic acid groups (broad SMARTS) is 2. The van der Waals surface area contributed by atoms with Crippen LogP contribution in [0.5, 0.6) is 0 Å². The van der Waals surface area contributed by atoms with E-state index in [0.717, 1.165) is 6.07 Å². The molecule has 0 amide bonds. The summed E-state index contributed by atoms with van der Waals surface area (Å²) < 4.78 is 0. The fraction of sp³-hybridized carbons (Fsp3) is 0.111. The molecule has 0 aromatic heterocycles. The first-order chi connectivity index (χ1) is 6.61. The molecule has 0 spiro atoms. The van der Waals surface area contributed by atoms with Crippen LogP contribution in [-0.2, 0) is 0 Å². The van der Waals surface area contributed by atoms with E-state index in [0.29, 0.717) is 0 Å². The molecule has 0 aliphatic carbocycles. The molecular formula is C9H13KO5S. The molecule has 0 atom stereocenters. The van der Waals surface area contributed by atoms with E-state index in [9.17, 15) is 9.59 Å². The van der Waals surface area contributed by atoms with Gasteiger partial charge in [0.2, 0.25) is 0 Å². The number of hydrogen-bond donors (Lipinski definition) is 3. The van der Waals surface area contributed by atoms with Crippen LogP contribution in [0.15, 0.2) is 24.3 Å². The Morgan fingerprint density at radius 1 is 1.06 bits per heavy atom. The van der Waals surface area contributed by atoms with Gasteiger partial charge in [0.05, 0.1) is 11.1 Å². The van der Waals surface area contributed by atoms with Crippen LogP contribution in [-0.4, -0.2) is 85.3 Å². The van der Waals surface area contributed by atoms with Crippen LogP contribution in [0.25, 0.3) is 0 Å². The first-order valence-corrected chi connectivity index (χ1v) is 4.52. The number of benzene rings is 1. The van der Waals surface area contributed by atoms with Crippen molar-refractivity contribution in [3.8, 4) is 0 Å². The van der Waals surface area contributed by atoms with E-state index in [1.54, 1.807) is 6.26 Å². The molecule has 5 nitrogen and oxygen atoms in total. The molecule has 0 aliphatic heterocycles. The van der Waals surface area contributed by atoms with Crippen molar-refractivity contribution >= 4 is 76.0 Å². The number of thiol groups is 1. The van der Waals surface area contributed by atoms with Gasteiger partial charge < -0.3 is 15.7 Å². The Kier molecular flexibility index (Phi) is 15.5. The summed E-state index contributed by atoms with van der Waals surface area (Å²) in [6.45, 7) is 0. The number of aromatic carboxylic acids is 2. The second kappa shape index (κ2) is 11.6. The van der Waals surface area contributed by atoms with Gasteiger partial charge in [-0.25, -0.2) is 9.59 Å². The van der Waals surface area contributed by atoms with Crippen LogP contribution in [0.1, 0.15) is 20.7 Å². The summed E-state index contributed by atoms with van der Waals surface area (Å²) in [6.07, 6.45) is 1.69. The van der Waals surface area contributed by atoms with Crippen molar-refractivity contribution in [1.29, 1.82) is 0 Å². The van der Waals surface area contributed by atoms with Gasteiger partial charge in [-0.3, -0.25) is 0 Å². The van der Waals surface area contributed by atoms with E-state index < -0.39 is 11.9 Å². The maximum absolute atomic E-state index is 10.4. The number of hydrogen-bond acceptors (Lipinski definition) is 3. The van der Waals surface area contributed by atoms with Crippen molar-refractivity contribution in [3.63, 3.8) is 0 Å². The molecule has 1 aromatic rings. The fourth-order valence-electron chi connectivity index (χ4n) is 0.785. The second-order valence-corrected chi connectivity index (χ2v) is 2.19. The van der Waals surface area contributed by atoms with Gasteiger partial charge in [-0.05, 0) is 24.5 Å². The zero-order valence-corrected chi connectivity index (χ0v) is 8.86. The van der Waals surface area contributed by atoms with Gasteiger partial charge >= 0.3 is 63.3 Å². The summed E-state index contributed by atoms with van der Waals surface area (Å²) >= 11 is 3.53. The summed E-state index contributed by atoms with van der Waals surface area (Å²) in [5.41, 5.74) is -0.0372. The molecule has 7 heteroatoms. The summed E-state index contributed by atoms with van der Waals surface area (Å²) in [7, 11) is 0. The molecule has 86 valence electrons. The molecule has 0 bridgehead atoms. The van der Waals surface area contributed by atoms with E-state index in [1.165, 1.54) is 18.2 Å². The third kappa shape index (κ3) is 7.39. The third-order valence-electron chi connectivity index (χ3n) is 1.36. The standard InChI is InChI=1S/C8H6O4.CH4S.K.H2O.H/c9-7(10)5-2-1-3-6(4-5)8(11)12;1-2;;;/h1-4H,(H,9,10)(H,11,12);2H,1H3;;1H2;. The third-order valence-corrected chi connectivity index (χ3v) is 1.36.